The lowest BCUT2D eigenvalue weighted by Gasteiger charge is -2.09. The molecule has 104 valence electrons. The number of hydrogen-bond acceptors (Lipinski definition) is 2. The summed E-state index contributed by atoms with van der Waals surface area (Å²) >= 11 is 1.88. The van der Waals surface area contributed by atoms with Gasteiger partial charge in [-0.3, -0.25) is 0 Å². The van der Waals surface area contributed by atoms with Gasteiger partial charge < -0.3 is 4.74 Å². The zero-order valence-corrected chi connectivity index (χ0v) is 14.4. The molecule has 1 rings (SSSR count). The van der Waals surface area contributed by atoms with Gasteiger partial charge in [-0.1, -0.05) is 32.5 Å². The molecule has 1 aromatic rings. The zero-order valence-electron chi connectivity index (χ0n) is 12.6. The van der Waals surface area contributed by atoms with Crippen molar-refractivity contribution < 1.29 is 4.74 Å². The molecule has 0 radical (unpaired) electrons. The molecule has 1 atom stereocenters. The second kappa shape index (κ2) is 7.67. The Kier molecular flexibility index (Phi) is 6.54. The van der Waals surface area contributed by atoms with Gasteiger partial charge >= 0.3 is 0 Å². The molecule has 0 aliphatic carbocycles. The van der Waals surface area contributed by atoms with E-state index in [2.05, 4.69) is 44.3 Å². The summed E-state index contributed by atoms with van der Waals surface area (Å²) in [6, 6.07) is 8.11. The molecule has 3 heteroatoms. The van der Waals surface area contributed by atoms with E-state index >= 15 is 0 Å². The summed E-state index contributed by atoms with van der Waals surface area (Å²) < 4.78 is 5.73. The molecular formula is C16H24OSSi. The van der Waals surface area contributed by atoms with Gasteiger partial charge in [-0.25, -0.2) is 0 Å². The van der Waals surface area contributed by atoms with Gasteiger partial charge in [0, 0.05) is 10.8 Å². The molecular weight excluding hydrogens is 268 g/mol. The minimum Gasteiger partial charge on any atom is -0.494 e. The fourth-order valence-corrected chi connectivity index (χ4v) is 2.21. The van der Waals surface area contributed by atoms with Crippen LogP contribution in [0.5, 0.6) is 5.75 Å². The van der Waals surface area contributed by atoms with Crippen LogP contribution in [0.2, 0.25) is 19.6 Å². The molecule has 0 saturated carbocycles. The van der Waals surface area contributed by atoms with E-state index in [-0.39, 0.29) is 0 Å². The summed E-state index contributed by atoms with van der Waals surface area (Å²) in [4.78, 5) is 0. The average Bonchev–Trinajstić information content (AvgIpc) is 2.36. The highest BCUT2D eigenvalue weighted by Gasteiger charge is 2.07. The standard InChI is InChI=1S/C16H24OSSi/c1-14(18-2)10-12-17-16-8-6-15(7-9-16)11-13-19(3,4)5/h6-9,14H,10,12H2,1-5H3. The summed E-state index contributed by atoms with van der Waals surface area (Å²) in [5.41, 5.74) is 4.44. The Bertz CT molecular complexity index is 437. The smallest absolute Gasteiger partial charge is 0.129 e. The Morgan fingerprint density at radius 3 is 2.37 bits per heavy atom. The molecule has 0 saturated heterocycles. The predicted octanol–water partition coefficient (Wildman–Crippen LogP) is 4.44. The van der Waals surface area contributed by atoms with Crippen molar-refractivity contribution in [2.45, 2.75) is 38.2 Å². The van der Waals surface area contributed by atoms with Crippen LogP contribution in [0.15, 0.2) is 24.3 Å². The maximum Gasteiger partial charge on any atom is 0.129 e. The van der Waals surface area contributed by atoms with E-state index in [1.54, 1.807) is 0 Å². The third kappa shape index (κ3) is 7.34. The van der Waals surface area contributed by atoms with Crippen LogP contribution in [0.1, 0.15) is 18.9 Å². The van der Waals surface area contributed by atoms with Crippen LogP contribution in [-0.4, -0.2) is 26.2 Å². The molecule has 1 nitrogen and oxygen atoms in total. The number of rotatable bonds is 5. The third-order valence-corrected chi connectivity index (χ3v) is 4.55. The largest absolute Gasteiger partial charge is 0.494 e. The highest BCUT2D eigenvalue weighted by atomic mass is 32.2. The predicted molar refractivity (Wildman–Crippen MR) is 89.8 cm³/mol. The van der Waals surface area contributed by atoms with Crippen LogP contribution in [0, 0.1) is 11.5 Å². The molecule has 0 aromatic heterocycles. The SMILES string of the molecule is CSC(C)CCOc1ccc(C#C[Si](C)(C)C)cc1. The minimum atomic E-state index is -1.29. The fourth-order valence-electron chi connectivity index (χ4n) is 1.35. The number of hydrogen-bond donors (Lipinski definition) is 0. The second-order valence-corrected chi connectivity index (χ2v) is 11.7. The van der Waals surface area contributed by atoms with Gasteiger partial charge in [0.2, 0.25) is 0 Å². The number of benzene rings is 1. The lowest BCUT2D eigenvalue weighted by molar-refractivity contribution is 0.311. The summed E-state index contributed by atoms with van der Waals surface area (Å²) in [6.45, 7) is 9.77. The molecule has 0 spiro atoms. The summed E-state index contributed by atoms with van der Waals surface area (Å²) in [6.07, 6.45) is 3.22. The van der Waals surface area contributed by atoms with Crippen LogP contribution >= 0.6 is 11.8 Å². The van der Waals surface area contributed by atoms with Crippen LogP contribution in [-0.2, 0) is 0 Å². The molecule has 0 fully saturated rings. The maximum absolute atomic E-state index is 5.73. The fraction of sp³-hybridized carbons (Fsp3) is 0.500. The van der Waals surface area contributed by atoms with E-state index in [0.717, 1.165) is 24.3 Å². The summed E-state index contributed by atoms with van der Waals surface area (Å²) in [7, 11) is -1.29. The van der Waals surface area contributed by atoms with Gasteiger partial charge in [0.1, 0.15) is 13.8 Å². The Balaban J connectivity index is 2.50. The van der Waals surface area contributed by atoms with Gasteiger partial charge in [0.25, 0.3) is 0 Å². The summed E-state index contributed by atoms with van der Waals surface area (Å²) in [5, 5.41) is 0.655. The average molecular weight is 293 g/mol. The normalized spacial score (nSPS) is 12.5. The number of thioether (sulfide) groups is 1. The summed E-state index contributed by atoms with van der Waals surface area (Å²) in [5.74, 6) is 4.19. The van der Waals surface area contributed by atoms with Crippen LogP contribution in [0.25, 0.3) is 0 Å². The first-order chi connectivity index (χ1) is 8.90. The maximum atomic E-state index is 5.73. The van der Waals surface area contributed by atoms with Crippen molar-refractivity contribution in [1.82, 2.24) is 0 Å². The first-order valence-corrected chi connectivity index (χ1v) is 11.5. The van der Waals surface area contributed by atoms with E-state index < -0.39 is 8.07 Å². The van der Waals surface area contributed by atoms with Crippen molar-refractivity contribution in [3.63, 3.8) is 0 Å². The second-order valence-electron chi connectivity index (χ2n) is 5.71. The quantitative estimate of drug-likeness (QED) is 0.586. The van der Waals surface area contributed by atoms with Gasteiger partial charge in [0.15, 0.2) is 0 Å². The van der Waals surface area contributed by atoms with E-state index in [9.17, 15) is 0 Å². The van der Waals surface area contributed by atoms with E-state index in [1.807, 2.05) is 36.0 Å². The molecule has 0 aliphatic rings. The number of ether oxygens (including phenoxy) is 1. The molecule has 1 unspecified atom stereocenters. The zero-order chi connectivity index (χ0) is 14.3. The van der Waals surface area contributed by atoms with Crippen molar-refractivity contribution >= 4 is 19.8 Å². The Hall–Kier alpha value is -0.853. The van der Waals surface area contributed by atoms with E-state index in [0.29, 0.717) is 5.25 Å². The van der Waals surface area contributed by atoms with Crippen molar-refractivity contribution in [2.75, 3.05) is 12.9 Å². The van der Waals surface area contributed by atoms with Gasteiger partial charge in [0.05, 0.1) is 6.61 Å². The van der Waals surface area contributed by atoms with E-state index in [4.69, 9.17) is 4.74 Å². The van der Waals surface area contributed by atoms with Gasteiger partial charge in [-0.05, 0) is 36.9 Å². The van der Waals surface area contributed by atoms with Gasteiger partial charge in [-0.15, -0.1) is 5.54 Å². The monoisotopic (exact) mass is 292 g/mol. The third-order valence-electron chi connectivity index (χ3n) is 2.63. The van der Waals surface area contributed by atoms with E-state index in [1.165, 1.54) is 0 Å². The Morgan fingerprint density at radius 1 is 1.21 bits per heavy atom. The highest BCUT2D eigenvalue weighted by Crippen LogP contribution is 2.14. The molecule has 0 aliphatic heterocycles. The lowest BCUT2D eigenvalue weighted by atomic mass is 10.2. The molecule has 1 aromatic carbocycles. The molecule has 0 bridgehead atoms. The van der Waals surface area contributed by atoms with Crippen molar-refractivity contribution in [1.29, 1.82) is 0 Å². The van der Waals surface area contributed by atoms with Crippen molar-refractivity contribution in [3.8, 4) is 17.2 Å². The first kappa shape index (κ1) is 16.2. The van der Waals surface area contributed by atoms with Crippen LogP contribution < -0.4 is 4.74 Å². The molecule has 0 N–H and O–H groups in total. The van der Waals surface area contributed by atoms with Crippen molar-refractivity contribution in [2.24, 2.45) is 0 Å². The Morgan fingerprint density at radius 2 is 1.84 bits per heavy atom. The lowest BCUT2D eigenvalue weighted by Crippen LogP contribution is -2.16. The Labute approximate surface area is 123 Å². The van der Waals surface area contributed by atoms with Crippen LogP contribution in [0.4, 0.5) is 0 Å². The van der Waals surface area contributed by atoms with Crippen LogP contribution in [0.3, 0.4) is 0 Å². The minimum absolute atomic E-state index is 0.655. The van der Waals surface area contributed by atoms with Gasteiger partial charge in [-0.2, -0.15) is 11.8 Å². The topological polar surface area (TPSA) is 9.23 Å². The van der Waals surface area contributed by atoms with Crippen molar-refractivity contribution in [3.05, 3.63) is 29.8 Å². The molecule has 19 heavy (non-hydrogen) atoms. The molecule has 0 amide bonds. The first-order valence-electron chi connectivity index (χ1n) is 6.69. The highest BCUT2D eigenvalue weighted by molar-refractivity contribution is 7.99. The molecule has 0 heterocycles.